The molecule has 3 nitrogen and oxygen atoms in total. The zero-order chi connectivity index (χ0) is 15.9. The second-order valence-electron chi connectivity index (χ2n) is 7.99. The number of carbonyl (C=O) groups is 1. The maximum absolute atomic E-state index is 12.3. The van der Waals surface area contributed by atoms with Crippen LogP contribution in [0.15, 0.2) is 30.5 Å². The first-order valence-corrected chi connectivity index (χ1v) is 8.93. The SMILES string of the molecule is Cc1ccccc1/C=C/NC(=O)NC12CC3CC(CC(C3)C1)C2. The zero-order valence-electron chi connectivity index (χ0n) is 13.8. The van der Waals surface area contributed by atoms with Gasteiger partial charge in [-0.15, -0.1) is 0 Å². The van der Waals surface area contributed by atoms with Gasteiger partial charge in [0.25, 0.3) is 0 Å². The van der Waals surface area contributed by atoms with E-state index in [9.17, 15) is 4.79 Å². The first kappa shape index (κ1) is 14.8. The number of carbonyl (C=O) groups excluding carboxylic acids is 1. The van der Waals surface area contributed by atoms with Crippen LogP contribution in [0.2, 0.25) is 0 Å². The fraction of sp³-hybridized carbons (Fsp3) is 0.550. The van der Waals surface area contributed by atoms with Crippen molar-refractivity contribution in [1.82, 2.24) is 10.6 Å². The first-order valence-electron chi connectivity index (χ1n) is 8.93. The molecule has 0 radical (unpaired) electrons. The third kappa shape index (κ3) is 3.01. The summed E-state index contributed by atoms with van der Waals surface area (Å²) in [6.45, 7) is 2.08. The van der Waals surface area contributed by atoms with Crippen molar-refractivity contribution in [3.63, 3.8) is 0 Å². The molecule has 1 aromatic rings. The summed E-state index contributed by atoms with van der Waals surface area (Å²) in [7, 11) is 0. The number of rotatable bonds is 3. The van der Waals surface area contributed by atoms with Crippen molar-refractivity contribution in [3.05, 3.63) is 41.6 Å². The van der Waals surface area contributed by atoms with Gasteiger partial charge in [-0.05, 0) is 80.4 Å². The third-order valence-electron chi connectivity index (χ3n) is 6.08. The zero-order valence-corrected chi connectivity index (χ0v) is 13.8. The van der Waals surface area contributed by atoms with Crippen LogP contribution < -0.4 is 10.6 Å². The van der Waals surface area contributed by atoms with Crippen molar-refractivity contribution in [2.45, 2.75) is 51.0 Å². The monoisotopic (exact) mass is 310 g/mol. The van der Waals surface area contributed by atoms with Gasteiger partial charge in [0.15, 0.2) is 0 Å². The van der Waals surface area contributed by atoms with Crippen LogP contribution in [-0.2, 0) is 0 Å². The van der Waals surface area contributed by atoms with Crippen LogP contribution in [0.1, 0.15) is 49.7 Å². The molecule has 0 saturated heterocycles. The molecule has 1 aromatic carbocycles. The van der Waals surface area contributed by atoms with Crippen molar-refractivity contribution < 1.29 is 4.79 Å². The molecule has 0 aromatic heterocycles. The molecule has 0 atom stereocenters. The van der Waals surface area contributed by atoms with Gasteiger partial charge >= 0.3 is 6.03 Å². The highest BCUT2D eigenvalue weighted by Crippen LogP contribution is 2.55. The molecule has 0 unspecified atom stereocenters. The standard InChI is InChI=1S/C20H26N2O/c1-14-4-2-3-5-18(14)6-7-21-19(23)22-20-11-15-8-16(12-20)10-17(9-15)13-20/h2-7,15-17H,8-13H2,1H3,(H2,21,22,23)/b7-6+. The van der Waals surface area contributed by atoms with Crippen LogP contribution in [-0.4, -0.2) is 11.6 Å². The lowest BCUT2D eigenvalue weighted by atomic mass is 9.53. The number of aryl methyl sites for hydroxylation is 1. The van der Waals surface area contributed by atoms with Gasteiger partial charge in [-0.25, -0.2) is 4.79 Å². The second-order valence-corrected chi connectivity index (χ2v) is 7.99. The van der Waals surface area contributed by atoms with Gasteiger partial charge < -0.3 is 10.6 Å². The average Bonchev–Trinajstić information content (AvgIpc) is 2.47. The van der Waals surface area contributed by atoms with Crippen molar-refractivity contribution in [3.8, 4) is 0 Å². The van der Waals surface area contributed by atoms with E-state index in [0.29, 0.717) is 0 Å². The van der Waals surface area contributed by atoms with Crippen molar-refractivity contribution in [2.75, 3.05) is 0 Å². The second kappa shape index (κ2) is 5.70. The van der Waals surface area contributed by atoms with Crippen LogP contribution in [0.4, 0.5) is 4.79 Å². The molecule has 0 heterocycles. The van der Waals surface area contributed by atoms with Crippen molar-refractivity contribution in [2.24, 2.45) is 17.8 Å². The summed E-state index contributed by atoms with van der Waals surface area (Å²) in [5.41, 5.74) is 2.43. The highest BCUT2D eigenvalue weighted by atomic mass is 16.2. The molecule has 4 bridgehead atoms. The maximum Gasteiger partial charge on any atom is 0.319 e. The van der Waals surface area contributed by atoms with Gasteiger partial charge in [-0.3, -0.25) is 0 Å². The van der Waals surface area contributed by atoms with E-state index in [1.807, 2.05) is 18.2 Å². The number of amides is 2. The van der Waals surface area contributed by atoms with E-state index in [1.165, 1.54) is 44.1 Å². The molecule has 4 aliphatic rings. The number of benzene rings is 1. The summed E-state index contributed by atoms with van der Waals surface area (Å²) < 4.78 is 0. The molecule has 0 aliphatic heterocycles. The predicted octanol–water partition coefficient (Wildman–Crippen LogP) is 4.23. The van der Waals surface area contributed by atoms with Crippen LogP contribution in [0.25, 0.3) is 6.08 Å². The van der Waals surface area contributed by atoms with E-state index in [-0.39, 0.29) is 11.6 Å². The highest BCUT2D eigenvalue weighted by molar-refractivity contribution is 5.77. The summed E-state index contributed by atoms with van der Waals surface area (Å²) in [5.74, 6) is 2.55. The Morgan fingerprint density at radius 1 is 1.09 bits per heavy atom. The molecule has 2 amide bonds. The number of urea groups is 1. The molecule has 23 heavy (non-hydrogen) atoms. The van der Waals surface area contributed by atoms with Gasteiger partial charge in [0.1, 0.15) is 0 Å². The van der Waals surface area contributed by atoms with E-state index in [0.717, 1.165) is 23.3 Å². The Kier molecular flexibility index (Phi) is 3.67. The summed E-state index contributed by atoms with van der Waals surface area (Å²) in [4.78, 5) is 12.3. The van der Waals surface area contributed by atoms with E-state index >= 15 is 0 Å². The van der Waals surface area contributed by atoms with E-state index < -0.39 is 0 Å². The number of hydrogen-bond acceptors (Lipinski definition) is 1. The van der Waals surface area contributed by atoms with Gasteiger partial charge in [0, 0.05) is 11.7 Å². The predicted molar refractivity (Wildman–Crippen MR) is 92.8 cm³/mol. The Hall–Kier alpha value is -1.77. The molecule has 2 N–H and O–H groups in total. The summed E-state index contributed by atoms with van der Waals surface area (Å²) in [6.07, 6.45) is 11.5. The van der Waals surface area contributed by atoms with Gasteiger partial charge in [-0.1, -0.05) is 24.3 Å². The van der Waals surface area contributed by atoms with E-state index in [1.54, 1.807) is 6.20 Å². The summed E-state index contributed by atoms with van der Waals surface area (Å²) in [5, 5.41) is 6.23. The van der Waals surface area contributed by atoms with Crippen molar-refractivity contribution in [1.29, 1.82) is 0 Å². The lowest BCUT2D eigenvalue weighted by Crippen LogP contribution is -2.61. The van der Waals surface area contributed by atoms with Gasteiger partial charge in [0.05, 0.1) is 0 Å². The molecule has 122 valence electrons. The van der Waals surface area contributed by atoms with Crippen LogP contribution in [0.3, 0.4) is 0 Å². The Bertz CT molecular complexity index is 599. The third-order valence-corrected chi connectivity index (χ3v) is 6.08. The van der Waals surface area contributed by atoms with Crippen molar-refractivity contribution >= 4 is 12.1 Å². The number of hydrogen-bond donors (Lipinski definition) is 2. The molecule has 0 spiro atoms. The normalized spacial score (nSPS) is 34.7. The molecule has 3 heteroatoms. The molecule has 4 saturated carbocycles. The van der Waals surface area contributed by atoms with Gasteiger partial charge in [-0.2, -0.15) is 0 Å². The van der Waals surface area contributed by atoms with Crippen LogP contribution in [0.5, 0.6) is 0 Å². The van der Waals surface area contributed by atoms with E-state index in [4.69, 9.17) is 0 Å². The highest BCUT2D eigenvalue weighted by Gasteiger charge is 2.51. The fourth-order valence-electron chi connectivity index (χ4n) is 5.52. The Labute approximate surface area is 138 Å². The van der Waals surface area contributed by atoms with Gasteiger partial charge in [0.2, 0.25) is 0 Å². The Morgan fingerprint density at radius 2 is 1.70 bits per heavy atom. The topological polar surface area (TPSA) is 41.1 Å². The fourth-order valence-corrected chi connectivity index (χ4v) is 5.52. The molecular weight excluding hydrogens is 284 g/mol. The summed E-state index contributed by atoms with van der Waals surface area (Å²) in [6, 6.07) is 8.14. The largest absolute Gasteiger partial charge is 0.332 e. The van der Waals surface area contributed by atoms with Crippen LogP contribution in [0, 0.1) is 24.7 Å². The minimum absolute atomic E-state index is 0.0446. The minimum atomic E-state index is -0.0446. The average molecular weight is 310 g/mol. The quantitative estimate of drug-likeness (QED) is 0.861. The Morgan fingerprint density at radius 3 is 2.30 bits per heavy atom. The van der Waals surface area contributed by atoms with Crippen LogP contribution >= 0.6 is 0 Å². The minimum Gasteiger partial charge on any atom is -0.332 e. The smallest absolute Gasteiger partial charge is 0.319 e. The summed E-state index contributed by atoms with van der Waals surface area (Å²) >= 11 is 0. The molecule has 4 aliphatic carbocycles. The first-order chi connectivity index (χ1) is 11.1. The Balaban J connectivity index is 1.36. The number of nitrogens with one attached hydrogen (secondary N) is 2. The van der Waals surface area contributed by atoms with E-state index in [2.05, 4.69) is 29.7 Å². The lowest BCUT2D eigenvalue weighted by molar-refractivity contribution is -0.0133. The molecule has 5 rings (SSSR count). The maximum atomic E-state index is 12.3. The lowest BCUT2D eigenvalue weighted by Gasteiger charge is -2.56. The molecule has 4 fully saturated rings. The molecular formula is C20H26N2O.